The lowest BCUT2D eigenvalue weighted by Crippen LogP contribution is -2.34. The summed E-state index contributed by atoms with van der Waals surface area (Å²) < 4.78 is 32.6. The van der Waals surface area contributed by atoms with Crippen LogP contribution in [-0.4, -0.2) is 52.0 Å². The van der Waals surface area contributed by atoms with E-state index in [9.17, 15) is 8.42 Å². The molecule has 1 aromatic rings. The lowest BCUT2D eigenvalue weighted by molar-refractivity contribution is 0.398. The molecule has 0 aromatic carbocycles. The third-order valence-electron chi connectivity index (χ3n) is 2.50. The van der Waals surface area contributed by atoms with Gasteiger partial charge in [0.05, 0.1) is 19.0 Å². The van der Waals surface area contributed by atoms with Crippen LogP contribution in [0.2, 0.25) is 0 Å². The Labute approximate surface area is 114 Å². The lowest BCUT2D eigenvalue weighted by Gasteiger charge is -2.18. The summed E-state index contributed by atoms with van der Waals surface area (Å²) in [5, 5.41) is 2.97. The Bertz CT molecular complexity index is 475. The molecule has 0 spiro atoms. The van der Waals surface area contributed by atoms with Gasteiger partial charge in [-0.3, -0.25) is 4.72 Å². The summed E-state index contributed by atoms with van der Waals surface area (Å²) in [5.41, 5.74) is 0.404. The van der Waals surface area contributed by atoms with E-state index in [0.717, 1.165) is 13.0 Å². The molecule has 2 N–H and O–H groups in total. The maximum Gasteiger partial charge on any atom is 0.301 e. The number of hydrogen-bond donors (Lipinski definition) is 2. The van der Waals surface area contributed by atoms with Crippen molar-refractivity contribution in [3.05, 3.63) is 18.3 Å². The zero-order chi connectivity index (χ0) is 14.3. The SMILES string of the molecule is CNCCCN(C)S(=O)(=O)Nc1ccc(OC)nc1. The summed E-state index contributed by atoms with van der Waals surface area (Å²) in [6.07, 6.45) is 2.16. The quantitative estimate of drug-likeness (QED) is 0.672. The van der Waals surface area contributed by atoms with Crippen molar-refractivity contribution >= 4 is 15.9 Å². The fraction of sp³-hybridized carbons (Fsp3) is 0.545. The first kappa shape index (κ1) is 15.7. The van der Waals surface area contributed by atoms with E-state index in [-0.39, 0.29) is 0 Å². The molecule has 1 heterocycles. The van der Waals surface area contributed by atoms with Crippen LogP contribution in [-0.2, 0) is 10.2 Å². The average Bonchev–Trinajstić information content (AvgIpc) is 2.39. The highest BCUT2D eigenvalue weighted by Gasteiger charge is 2.17. The van der Waals surface area contributed by atoms with Crippen molar-refractivity contribution in [1.29, 1.82) is 0 Å². The van der Waals surface area contributed by atoms with E-state index in [1.807, 2.05) is 7.05 Å². The topological polar surface area (TPSA) is 83.6 Å². The van der Waals surface area contributed by atoms with Gasteiger partial charge in [0, 0.05) is 19.7 Å². The van der Waals surface area contributed by atoms with Gasteiger partial charge in [0.15, 0.2) is 0 Å². The number of ether oxygens (including phenoxy) is 1. The Morgan fingerprint density at radius 3 is 2.68 bits per heavy atom. The number of aromatic nitrogens is 1. The van der Waals surface area contributed by atoms with Crippen LogP contribution in [0, 0.1) is 0 Å². The van der Waals surface area contributed by atoms with Gasteiger partial charge in [-0.05, 0) is 26.1 Å². The van der Waals surface area contributed by atoms with Gasteiger partial charge in [-0.25, -0.2) is 4.98 Å². The third kappa shape index (κ3) is 5.01. The molecule has 1 aromatic heterocycles. The predicted octanol–water partition coefficient (Wildman–Crippen LogP) is 0.288. The number of anilines is 1. The monoisotopic (exact) mass is 288 g/mol. The molecule has 0 aliphatic carbocycles. The van der Waals surface area contributed by atoms with Gasteiger partial charge in [0.2, 0.25) is 5.88 Å². The van der Waals surface area contributed by atoms with Crippen LogP contribution in [0.1, 0.15) is 6.42 Å². The lowest BCUT2D eigenvalue weighted by atomic mass is 10.4. The van der Waals surface area contributed by atoms with Gasteiger partial charge in [0.25, 0.3) is 0 Å². The molecule has 0 aliphatic rings. The first-order valence-electron chi connectivity index (χ1n) is 5.88. The maximum absolute atomic E-state index is 12.0. The van der Waals surface area contributed by atoms with Crippen molar-refractivity contribution in [3.8, 4) is 5.88 Å². The average molecular weight is 288 g/mol. The Morgan fingerprint density at radius 2 is 2.16 bits per heavy atom. The Balaban J connectivity index is 2.62. The van der Waals surface area contributed by atoms with Crippen LogP contribution >= 0.6 is 0 Å². The van der Waals surface area contributed by atoms with Gasteiger partial charge in [0.1, 0.15) is 0 Å². The second-order valence-electron chi connectivity index (χ2n) is 3.97. The van der Waals surface area contributed by atoms with Crippen LogP contribution in [0.25, 0.3) is 0 Å². The summed E-state index contributed by atoms with van der Waals surface area (Å²) in [6, 6.07) is 3.20. The highest BCUT2D eigenvalue weighted by molar-refractivity contribution is 7.90. The molecule has 8 heteroatoms. The predicted molar refractivity (Wildman–Crippen MR) is 74.5 cm³/mol. The standard InChI is InChI=1S/C11H20N4O3S/c1-12-7-4-8-15(2)19(16,17)14-10-5-6-11(18-3)13-9-10/h5-6,9,12,14H,4,7-8H2,1-3H3. The molecule has 1 rings (SSSR count). The molecule has 0 amide bonds. The summed E-state index contributed by atoms with van der Waals surface area (Å²) in [4.78, 5) is 3.94. The van der Waals surface area contributed by atoms with Gasteiger partial charge in [-0.1, -0.05) is 0 Å². The van der Waals surface area contributed by atoms with Gasteiger partial charge in [-0.2, -0.15) is 12.7 Å². The van der Waals surface area contributed by atoms with Gasteiger partial charge >= 0.3 is 10.2 Å². The molecule has 7 nitrogen and oxygen atoms in total. The van der Waals surface area contributed by atoms with E-state index in [1.54, 1.807) is 12.1 Å². The van der Waals surface area contributed by atoms with Crippen molar-refractivity contribution in [2.24, 2.45) is 0 Å². The summed E-state index contributed by atoms with van der Waals surface area (Å²) in [5.74, 6) is 0.435. The van der Waals surface area contributed by atoms with E-state index in [0.29, 0.717) is 18.1 Å². The summed E-state index contributed by atoms with van der Waals surface area (Å²) in [6.45, 7) is 1.21. The number of rotatable bonds is 8. The number of methoxy groups -OCH3 is 1. The van der Waals surface area contributed by atoms with E-state index in [2.05, 4.69) is 15.0 Å². The second-order valence-corrected chi connectivity index (χ2v) is 5.75. The minimum Gasteiger partial charge on any atom is -0.481 e. The second kappa shape index (κ2) is 7.27. The number of nitrogens with zero attached hydrogens (tertiary/aromatic N) is 2. The minimum atomic E-state index is -3.54. The molecule has 0 bridgehead atoms. The van der Waals surface area contributed by atoms with Crippen molar-refractivity contribution in [3.63, 3.8) is 0 Å². The smallest absolute Gasteiger partial charge is 0.301 e. The highest BCUT2D eigenvalue weighted by Crippen LogP contribution is 2.13. The molecule has 0 saturated carbocycles. The van der Waals surface area contributed by atoms with Crippen LogP contribution < -0.4 is 14.8 Å². The van der Waals surface area contributed by atoms with E-state index in [4.69, 9.17) is 4.74 Å². The van der Waals surface area contributed by atoms with Crippen LogP contribution in [0.15, 0.2) is 18.3 Å². The zero-order valence-corrected chi connectivity index (χ0v) is 12.2. The Kier molecular flexibility index (Phi) is 6.00. The Morgan fingerprint density at radius 1 is 1.42 bits per heavy atom. The van der Waals surface area contributed by atoms with Gasteiger partial charge in [-0.15, -0.1) is 0 Å². The highest BCUT2D eigenvalue weighted by atomic mass is 32.2. The molecule has 0 aliphatic heterocycles. The normalized spacial score (nSPS) is 11.6. The van der Waals surface area contributed by atoms with Crippen molar-refractivity contribution in [1.82, 2.24) is 14.6 Å². The van der Waals surface area contributed by atoms with Crippen LogP contribution in [0.5, 0.6) is 5.88 Å². The van der Waals surface area contributed by atoms with E-state index >= 15 is 0 Å². The van der Waals surface area contributed by atoms with Crippen molar-refractivity contribution in [2.75, 3.05) is 39.0 Å². The summed E-state index contributed by atoms with van der Waals surface area (Å²) >= 11 is 0. The van der Waals surface area contributed by atoms with E-state index in [1.165, 1.54) is 24.7 Å². The van der Waals surface area contributed by atoms with E-state index < -0.39 is 10.2 Å². The molecule has 0 radical (unpaired) electrons. The maximum atomic E-state index is 12.0. The molecule has 0 atom stereocenters. The van der Waals surface area contributed by atoms with Crippen molar-refractivity contribution < 1.29 is 13.2 Å². The fourth-order valence-corrected chi connectivity index (χ4v) is 2.33. The van der Waals surface area contributed by atoms with Gasteiger partial charge < -0.3 is 10.1 Å². The third-order valence-corrected chi connectivity index (χ3v) is 4.00. The fourth-order valence-electron chi connectivity index (χ4n) is 1.39. The number of pyridine rings is 1. The molecule has 0 fully saturated rings. The van der Waals surface area contributed by atoms with Crippen LogP contribution in [0.4, 0.5) is 5.69 Å². The first-order chi connectivity index (χ1) is 8.99. The minimum absolute atomic E-state index is 0.404. The molecule has 0 unspecified atom stereocenters. The summed E-state index contributed by atoms with van der Waals surface area (Å²) in [7, 11) is 1.33. The molecular weight excluding hydrogens is 268 g/mol. The largest absolute Gasteiger partial charge is 0.481 e. The van der Waals surface area contributed by atoms with Crippen LogP contribution in [0.3, 0.4) is 0 Å². The molecular formula is C11H20N4O3S. The number of nitrogens with one attached hydrogen (secondary N) is 2. The zero-order valence-electron chi connectivity index (χ0n) is 11.4. The van der Waals surface area contributed by atoms with Crippen molar-refractivity contribution in [2.45, 2.75) is 6.42 Å². The Hall–Kier alpha value is -1.38. The molecule has 19 heavy (non-hydrogen) atoms. The first-order valence-corrected chi connectivity index (χ1v) is 7.32. The number of hydrogen-bond acceptors (Lipinski definition) is 5. The molecule has 108 valence electrons. The molecule has 0 saturated heterocycles.